The zero-order valence-corrected chi connectivity index (χ0v) is 13.2. The quantitative estimate of drug-likeness (QED) is 0.355. The van der Waals surface area contributed by atoms with Crippen LogP contribution in [0.5, 0.6) is 0 Å². The van der Waals surface area contributed by atoms with Crippen molar-refractivity contribution in [3.63, 3.8) is 0 Å². The summed E-state index contributed by atoms with van der Waals surface area (Å²) in [6.45, 7) is 2.04. The number of aryl methyl sites for hydroxylation is 1. The van der Waals surface area contributed by atoms with Gasteiger partial charge in [-0.3, -0.25) is 0 Å². The fourth-order valence-electron chi connectivity index (χ4n) is 1.48. The molecule has 0 saturated carbocycles. The summed E-state index contributed by atoms with van der Waals surface area (Å²) in [5.74, 6) is 0.534. The van der Waals surface area contributed by atoms with Crippen molar-refractivity contribution in [1.29, 1.82) is 0 Å². The highest BCUT2D eigenvalue weighted by molar-refractivity contribution is 8.00. The Morgan fingerprint density at radius 3 is 2.53 bits per heavy atom. The number of nitrogens with zero attached hydrogens (tertiary/aromatic N) is 1. The van der Waals surface area contributed by atoms with Gasteiger partial charge in [-0.25, -0.2) is 0 Å². The molecule has 0 aliphatic carbocycles. The van der Waals surface area contributed by atoms with E-state index in [0.717, 1.165) is 4.90 Å². The molecule has 100 valence electrons. The first-order chi connectivity index (χ1) is 9.10. The van der Waals surface area contributed by atoms with Crippen molar-refractivity contribution in [2.45, 2.75) is 11.8 Å². The summed E-state index contributed by atoms with van der Waals surface area (Å²) in [5, 5.41) is 12.4. The monoisotopic (exact) mass is 331 g/mol. The molecule has 2 aromatic rings. The van der Waals surface area contributed by atoms with Gasteiger partial charge in [-0.1, -0.05) is 46.1 Å². The number of thiophene rings is 1. The molecule has 0 bridgehead atoms. The van der Waals surface area contributed by atoms with E-state index in [4.69, 9.17) is 28.4 Å². The van der Waals surface area contributed by atoms with E-state index >= 15 is 0 Å². The first-order valence-electron chi connectivity index (χ1n) is 5.45. The third kappa shape index (κ3) is 3.89. The van der Waals surface area contributed by atoms with Crippen LogP contribution >= 0.6 is 46.3 Å². The molecule has 1 aromatic carbocycles. The summed E-state index contributed by atoms with van der Waals surface area (Å²) in [7, 11) is 0. The highest BCUT2D eigenvalue weighted by atomic mass is 35.5. The van der Waals surface area contributed by atoms with Crippen LogP contribution in [0.2, 0.25) is 8.67 Å². The molecule has 0 unspecified atom stereocenters. The van der Waals surface area contributed by atoms with Gasteiger partial charge in [-0.2, -0.15) is 0 Å². The Kier molecular flexibility index (Phi) is 5.16. The van der Waals surface area contributed by atoms with Crippen LogP contribution in [0.3, 0.4) is 0 Å². The van der Waals surface area contributed by atoms with Crippen molar-refractivity contribution in [3.8, 4) is 0 Å². The molecule has 6 heteroatoms. The lowest BCUT2D eigenvalue weighted by atomic mass is 10.2. The van der Waals surface area contributed by atoms with E-state index < -0.39 is 0 Å². The third-order valence-corrected chi connectivity index (χ3v) is 5.00. The molecule has 0 aliphatic rings. The Labute approximate surface area is 130 Å². The number of oxime groups is 1. The van der Waals surface area contributed by atoms with E-state index in [0.29, 0.717) is 25.7 Å². The molecule has 1 N–H and O–H groups in total. The molecule has 0 aliphatic heterocycles. The molecule has 0 amide bonds. The van der Waals surface area contributed by atoms with Gasteiger partial charge in [0.15, 0.2) is 0 Å². The van der Waals surface area contributed by atoms with Gasteiger partial charge in [0.05, 0.1) is 10.0 Å². The maximum absolute atomic E-state index is 9.11. The van der Waals surface area contributed by atoms with E-state index in [1.54, 1.807) is 17.8 Å². The average Bonchev–Trinajstić information content (AvgIpc) is 2.72. The predicted molar refractivity (Wildman–Crippen MR) is 84.6 cm³/mol. The summed E-state index contributed by atoms with van der Waals surface area (Å²) in [5.41, 5.74) is 2.44. The lowest BCUT2D eigenvalue weighted by molar-refractivity contribution is 0.319. The minimum absolute atomic E-state index is 0.527. The van der Waals surface area contributed by atoms with Crippen LogP contribution in [0.25, 0.3) is 0 Å². The molecule has 1 heterocycles. The molecule has 0 saturated heterocycles. The largest absolute Gasteiger partial charge is 0.411 e. The molecule has 0 atom stereocenters. The van der Waals surface area contributed by atoms with E-state index in [9.17, 15) is 0 Å². The molecule has 0 fully saturated rings. The second kappa shape index (κ2) is 6.66. The van der Waals surface area contributed by atoms with E-state index in [1.165, 1.54) is 16.9 Å². The van der Waals surface area contributed by atoms with Gasteiger partial charge in [-0.15, -0.1) is 23.1 Å². The van der Waals surface area contributed by atoms with E-state index in [1.807, 2.05) is 31.2 Å². The van der Waals surface area contributed by atoms with Crippen LogP contribution in [-0.2, 0) is 0 Å². The Morgan fingerprint density at radius 1 is 1.32 bits per heavy atom. The molecular formula is C13H11Cl2NOS2. The van der Waals surface area contributed by atoms with Gasteiger partial charge in [0.25, 0.3) is 0 Å². The summed E-state index contributed by atoms with van der Waals surface area (Å²) in [6, 6.07) is 9.90. The lowest BCUT2D eigenvalue weighted by Gasteiger charge is -2.04. The number of halogens is 2. The predicted octanol–water partition coefficient (Wildman–Crippen LogP) is 5.33. The van der Waals surface area contributed by atoms with Gasteiger partial charge in [-0.05, 0) is 25.1 Å². The summed E-state index contributed by atoms with van der Waals surface area (Å²) in [6.07, 6.45) is 0. The van der Waals surface area contributed by atoms with Crippen molar-refractivity contribution in [3.05, 3.63) is 50.1 Å². The SMILES string of the molecule is Cc1ccc(SC/C(=N\O)c2cc(Cl)sc2Cl)cc1. The normalized spacial score (nSPS) is 11.8. The summed E-state index contributed by atoms with van der Waals surface area (Å²) < 4.78 is 1.13. The summed E-state index contributed by atoms with van der Waals surface area (Å²) in [4.78, 5) is 1.11. The summed E-state index contributed by atoms with van der Waals surface area (Å²) >= 11 is 14.8. The van der Waals surface area contributed by atoms with Crippen molar-refractivity contribution in [2.75, 3.05) is 5.75 Å². The number of benzene rings is 1. The average molecular weight is 332 g/mol. The lowest BCUT2D eigenvalue weighted by Crippen LogP contribution is -2.03. The second-order valence-electron chi connectivity index (χ2n) is 3.89. The van der Waals surface area contributed by atoms with Gasteiger partial charge in [0, 0.05) is 16.2 Å². The van der Waals surface area contributed by atoms with Crippen LogP contribution < -0.4 is 0 Å². The maximum atomic E-state index is 9.11. The number of thioether (sulfide) groups is 1. The maximum Gasteiger partial charge on any atom is 0.104 e. The fourth-order valence-corrected chi connectivity index (χ4v) is 3.84. The van der Waals surface area contributed by atoms with Crippen LogP contribution in [0.15, 0.2) is 40.4 Å². The fraction of sp³-hybridized carbons (Fsp3) is 0.154. The van der Waals surface area contributed by atoms with E-state index in [-0.39, 0.29) is 0 Å². The molecule has 2 nitrogen and oxygen atoms in total. The Balaban J connectivity index is 2.08. The topological polar surface area (TPSA) is 32.6 Å². The first-order valence-corrected chi connectivity index (χ1v) is 8.01. The number of hydrogen-bond donors (Lipinski definition) is 1. The number of hydrogen-bond acceptors (Lipinski definition) is 4. The smallest absolute Gasteiger partial charge is 0.104 e. The van der Waals surface area contributed by atoms with Crippen molar-refractivity contribution < 1.29 is 5.21 Å². The molecular weight excluding hydrogens is 321 g/mol. The highest BCUT2D eigenvalue weighted by Crippen LogP contribution is 2.32. The first kappa shape index (κ1) is 14.7. The molecule has 0 spiro atoms. The second-order valence-corrected chi connectivity index (χ2v) is 7.22. The van der Waals surface area contributed by atoms with Crippen molar-refractivity contribution in [2.24, 2.45) is 5.16 Å². The van der Waals surface area contributed by atoms with Gasteiger partial charge >= 0.3 is 0 Å². The van der Waals surface area contributed by atoms with Crippen LogP contribution in [0.4, 0.5) is 0 Å². The van der Waals surface area contributed by atoms with Gasteiger partial charge < -0.3 is 5.21 Å². The molecule has 2 rings (SSSR count). The molecule has 19 heavy (non-hydrogen) atoms. The highest BCUT2D eigenvalue weighted by Gasteiger charge is 2.13. The van der Waals surface area contributed by atoms with E-state index in [2.05, 4.69) is 5.16 Å². The standard InChI is InChI=1S/C13H11Cl2NOS2/c1-8-2-4-9(5-3-8)18-7-11(16-17)10-6-12(14)19-13(10)15/h2-6,17H,7H2,1H3/b16-11+. The minimum Gasteiger partial charge on any atom is -0.411 e. The third-order valence-electron chi connectivity index (χ3n) is 2.48. The van der Waals surface area contributed by atoms with Gasteiger partial charge in [0.2, 0.25) is 0 Å². The molecule has 1 aromatic heterocycles. The zero-order chi connectivity index (χ0) is 13.8. The van der Waals surface area contributed by atoms with Crippen molar-refractivity contribution >= 4 is 52.0 Å². The molecule has 0 radical (unpaired) electrons. The van der Waals surface area contributed by atoms with Gasteiger partial charge in [0.1, 0.15) is 4.34 Å². The Morgan fingerprint density at radius 2 is 2.00 bits per heavy atom. The van der Waals surface area contributed by atoms with Crippen molar-refractivity contribution in [1.82, 2.24) is 0 Å². The zero-order valence-electron chi connectivity index (χ0n) is 10.1. The Bertz CT molecular complexity index is 593. The Hall–Kier alpha value is -0.680. The van der Waals surface area contributed by atoms with Crippen LogP contribution in [-0.4, -0.2) is 16.7 Å². The minimum atomic E-state index is 0.527. The van der Waals surface area contributed by atoms with Crippen LogP contribution in [0, 0.1) is 6.92 Å². The van der Waals surface area contributed by atoms with Crippen LogP contribution in [0.1, 0.15) is 11.1 Å². The number of rotatable bonds is 4.